The van der Waals surface area contributed by atoms with Crippen LogP contribution in [0.2, 0.25) is 0 Å². The molecule has 3 fully saturated rings. The topological polar surface area (TPSA) is 102 Å². The average molecular weight is 593 g/mol. The van der Waals surface area contributed by atoms with E-state index in [1.165, 1.54) is 57.4 Å². The Labute approximate surface area is 245 Å². The van der Waals surface area contributed by atoms with Crippen molar-refractivity contribution < 1.29 is 22.7 Å². The summed E-state index contributed by atoms with van der Waals surface area (Å²) in [6.45, 7) is 6.93. The minimum atomic E-state index is -4.23. The highest BCUT2D eigenvalue weighted by Gasteiger charge is 2.40. The third-order valence-electron chi connectivity index (χ3n) is 10.1. The Bertz CT molecular complexity index is 1190. The van der Waals surface area contributed by atoms with Crippen molar-refractivity contribution in [3.05, 3.63) is 23.0 Å². The Kier molecular flexibility index (Phi) is 9.81. The van der Waals surface area contributed by atoms with E-state index in [9.17, 15) is 18.3 Å². The second-order valence-corrected chi connectivity index (χ2v) is 14.9. The molecule has 2 aliphatic carbocycles. The molecule has 1 aromatic rings. The summed E-state index contributed by atoms with van der Waals surface area (Å²) in [5.41, 5.74) is 0.765. The standard InChI is InChI=1S/C31H49FN4O4S/c1-21(2)13-16-35(17-14-27-25(10-7-15-33-27)22-8-5-3-4-6-9-22)24-12-11-23-18-28(37)31(30(32)26(23)19-24)36-20-29(38)34-41(36,39)40/h18,21-22,24-25,27,33,37H,3-17,19-20H2,1-2H3,(H,34,38). The summed E-state index contributed by atoms with van der Waals surface area (Å²) in [6.07, 6.45) is 14.9. The summed E-state index contributed by atoms with van der Waals surface area (Å²) in [4.78, 5) is 14.4. The number of hydrogen-bond acceptors (Lipinski definition) is 6. The molecule has 1 saturated carbocycles. The fourth-order valence-corrected chi connectivity index (χ4v) is 8.98. The van der Waals surface area contributed by atoms with Crippen LogP contribution in [0.5, 0.6) is 5.75 Å². The molecule has 8 nitrogen and oxygen atoms in total. The van der Waals surface area contributed by atoms with Crippen molar-refractivity contribution in [1.82, 2.24) is 14.9 Å². The van der Waals surface area contributed by atoms with Crippen LogP contribution >= 0.6 is 0 Å². The molecule has 3 atom stereocenters. The molecule has 0 aromatic heterocycles. The number of hydrogen-bond donors (Lipinski definition) is 3. The van der Waals surface area contributed by atoms with E-state index in [0.717, 1.165) is 56.3 Å². The van der Waals surface area contributed by atoms with Gasteiger partial charge >= 0.3 is 10.2 Å². The van der Waals surface area contributed by atoms with Gasteiger partial charge in [0.2, 0.25) is 0 Å². The third-order valence-corrected chi connectivity index (χ3v) is 11.4. The molecule has 0 radical (unpaired) electrons. The van der Waals surface area contributed by atoms with Gasteiger partial charge in [-0.05, 0) is 99.5 Å². The number of fused-ring (bicyclic) bond motifs is 1. The zero-order chi connectivity index (χ0) is 29.1. The van der Waals surface area contributed by atoms with Crippen LogP contribution in [-0.2, 0) is 27.8 Å². The van der Waals surface area contributed by atoms with E-state index in [1.54, 1.807) is 0 Å². The van der Waals surface area contributed by atoms with Gasteiger partial charge in [0.15, 0.2) is 5.82 Å². The molecule has 3 N–H and O–H groups in total. The number of nitrogens with zero attached hydrogens (tertiary/aromatic N) is 2. The Morgan fingerprint density at radius 3 is 2.54 bits per heavy atom. The number of piperidine rings is 1. The largest absolute Gasteiger partial charge is 0.506 e. The predicted octanol–water partition coefficient (Wildman–Crippen LogP) is 4.65. The lowest BCUT2D eigenvalue weighted by molar-refractivity contribution is -0.117. The minimum absolute atomic E-state index is 0.142. The van der Waals surface area contributed by atoms with Gasteiger partial charge in [0.1, 0.15) is 18.0 Å². The average Bonchev–Trinajstić information content (AvgIpc) is 3.09. The maximum Gasteiger partial charge on any atom is 0.326 e. The van der Waals surface area contributed by atoms with E-state index >= 15 is 4.39 Å². The summed E-state index contributed by atoms with van der Waals surface area (Å²) in [7, 11) is -4.23. The van der Waals surface area contributed by atoms with Gasteiger partial charge in [0.25, 0.3) is 5.91 Å². The molecule has 10 heteroatoms. The second kappa shape index (κ2) is 13.2. The predicted molar refractivity (Wildman–Crippen MR) is 160 cm³/mol. The van der Waals surface area contributed by atoms with Gasteiger partial charge in [-0.2, -0.15) is 8.42 Å². The number of benzene rings is 1. The van der Waals surface area contributed by atoms with Crippen LogP contribution in [0.4, 0.5) is 10.1 Å². The first-order chi connectivity index (χ1) is 19.6. The van der Waals surface area contributed by atoms with E-state index in [-0.39, 0.29) is 6.04 Å². The number of aromatic hydroxyl groups is 1. The van der Waals surface area contributed by atoms with Crippen LogP contribution in [0.3, 0.4) is 0 Å². The lowest BCUT2D eigenvalue weighted by atomic mass is 9.75. The Balaban J connectivity index is 1.33. The Morgan fingerprint density at radius 1 is 1.10 bits per heavy atom. The highest BCUT2D eigenvalue weighted by atomic mass is 32.2. The zero-order valence-corrected chi connectivity index (χ0v) is 25.7. The first-order valence-electron chi connectivity index (χ1n) is 16.0. The number of rotatable bonds is 9. The highest BCUT2D eigenvalue weighted by Crippen LogP contribution is 2.41. The number of carbonyl (C=O) groups is 1. The SMILES string of the molecule is CC(C)CCN(CCC1NCCCC1C1CCCCCC1)C1CCc2cc(O)c(N3CC(=O)NS3(=O)=O)c(F)c2C1. The number of amides is 1. The maximum absolute atomic E-state index is 16.0. The smallest absolute Gasteiger partial charge is 0.326 e. The first-order valence-corrected chi connectivity index (χ1v) is 17.4. The quantitative estimate of drug-likeness (QED) is 0.361. The molecule has 3 unspecified atom stereocenters. The van der Waals surface area contributed by atoms with Crippen molar-refractivity contribution in [2.45, 2.75) is 109 Å². The van der Waals surface area contributed by atoms with Crippen molar-refractivity contribution in [2.24, 2.45) is 17.8 Å². The number of halogens is 1. The number of aryl methyl sites for hydroxylation is 1. The van der Waals surface area contributed by atoms with Crippen LogP contribution in [0.1, 0.15) is 95.6 Å². The Morgan fingerprint density at radius 2 is 1.85 bits per heavy atom. The molecule has 2 saturated heterocycles. The van der Waals surface area contributed by atoms with E-state index in [0.29, 0.717) is 34.7 Å². The van der Waals surface area contributed by atoms with E-state index < -0.39 is 39.9 Å². The van der Waals surface area contributed by atoms with Gasteiger partial charge in [-0.25, -0.2) is 13.4 Å². The molecule has 0 bridgehead atoms. The minimum Gasteiger partial charge on any atom is -0.506 e. The van der Waals surface area contributed by atoms with Gasteiger partial charge in [-0.15, -0.1) is 0 Å². The van der Waals surface area contributed by atoms with E-state index in [1.807, 2.05) is 4.72 Å². The second-order valence-electron chi connectivity index (χ2n) is 13.3. The highest BCUT2D eigenvalue weighted by molar-refractivity contribution is 7.92. The Hall–Kier alpha value is -1.91. The van der Waals surface area contributed by atoms with Crippen LogP contribution in [0.25, 0.3) is 0 Å². The third kappa shape index (κ3) is 7.02. The van der Waals surface area contributed by atoms with Crippen LogP contribution < -0.4 is 14.3 Å². The summed E-state index contributed by atoms with van der Waals surface area (Å²) >= 11 is 0. The molecule has 230 valence electrons. The molecule has 0 spiro atoms. The summed E-state index contributed by atoms with van der Waals surface area (Å²) in [5, 5.41) is 14.5. The van der Waals surface area contributed by atoms with Crippen molar-refractivity contribution in [3.63, 3.8) is 0 Å². The van der Waals surface area contributed by atoms with Crippen molar-refractivity contribution >= 4 is 21.8 Å². The van der Waals surface area contributed by atoms with Crippen LogP contribution in [0.15, 0.2) is 6.07 Å². The number of carbonyl (C=O) groups excluding carboxylic acids is 1. The molecule has 1 amide bonds. The lowest BCUT2D eigenvalue weighted by Gasteiger charge is -2.41. The molecule has 4 aliphatic rings. The van der Waals surface area contributed by atoms with Crippen LogP contribution in [0, 0.1) is 23.6 Å². The monoisotopic (exact) mass is 592 g/mol. The fourth-order valence-electron chi connectivity index (χ4n) is 7.82. The van der Waals surface area contributed by atoms with Gasteiger partial charge in [-0.3, -0.25) is 9.69 Å². The summed E-state index contributed by atoms with van der Waals surface area (Å²) in [5.74, 6) is 0.218. The molecule has 1 aromatic carbocycles. The molecular formula is C31H49FN4O4S. The van der Waals surface area contributed by atoms with Gasteiger partial charge in [-0.1, -0.05) is 52.4 Å². The number of nitrogens with one attached hydrogen (secondary N) is 2. The number of phenols is 1. The molecule has 2 heterocycles. The molecule has 2 aliphatic heterocycles. The summed E-state index contributed by atoms with van der Waals surface area (Å²) < 4.78 is 43.5. The van der Waals surface area contributed by atoms with E-state index in [4.69, 9.17) is 0 Å². The maximum atomic E-state index is 16.0. The summed E-state index contributed by atoms with van der Waals surface area (Å²) in [6, 6.07) is 2.15. The normalized spacial score (nSPS) is 27.2. The molecular weight excluding hydrogens is 543 g/mol. The molecule has 5 rings (SSSR count). The van der Waals surface area contributed by atoms with E-state index in [2.05, 4.69) is 24.1 Å². The van der Waals surface area contributed by atoms with Gasteiger partial charge in [0, 0.05) is 12.1 Å². The first kappa shape index (κ1) is 30.5. The number of anilines is 1. The lowest BCUT2D eigenvalue weighted by Crippen LogP contribution is -2.48. The zero-order valence-electron chi connectivity index (χ0n) is 24.8. The van der Waals surface area contributed by atoms with Gasteiger partial charge in [0.05, 0.1) is 0 Å². The van der Waals surface area contributed by atoms with Crippen molar-refractivity contribution in [3.8, 4) is 5.75 Å². The molecule has 41 heavy (non-hydrogen) atoms. The number of phenolic OH excluding ortho intramolecular Hbond substituents is 1. The van der Waals surface area contributed by atoms with Crippen molar-refractivity contribution in [2.75, 3.05) is 30.5 Å². The van der Waals surface area contributed by atoms with Crippen LogP contribution in [-0.4, -0.2) is 62.6 Å². The van der Waals surface area contributed by atoms with Crippen molar-refractivity contribution in [1.29, 1.82) is 0 Å². The van der Waals surface area contributed by atoms with Gasteiger partial charge < -0.3 is 10.4 Å². The fraction of sp³-hybridized carbons (Fsp3) is 0.774.